The Hall–Kier alpha value is -1.30. The van der Waals surface area contributed by atoms with Crippen molar-refractivity contribution in [3.63, 3.8) is 0 Å². The first-order valence-corrected chi connectivity index (χ1v) is 7.78. The molecule has 0 bridgehead atoms. The van der Waals surface area contributed by atoms with Gasteiger partial charge >= 0.3 is 6.03 Å². The minimum atomic E-state index is -0.376. The van der Waals surface area contributed by atoms with Gasteiger partial charge < -0.3 is 20.4 Å². The summed E-state index contributed by atoms with van der Waals surface area (Å²) >= 11 is 0. The van der Waals surface area contributed by atoms with Gasteiger partial charge in [-0.05, 0) is 19.8 Å². The van der Waals surface area contributed by atoms with Gasteiger partial charge in [-0.3, -0.25) is 4.79 Å². The fourth-order valence-electron chi connectivity index (χ4n) is 2.90. The highest BCUT2D eigenvalue weighted by Crippen LogP contribution is 2.14. The Labute approximate surface area is 120 Å². The average Bonchev–Trinajstić information content (AvgIpc) is 2.76. The lowest BCUT2D eigenvalue weighted by atomic mass is 10.2. The Bertz CT molecular complexity index is 340. The van der Waals surface area contributed by atoms with E-state index in [0.717, 1.165) is 32.5 Å². The van der Waals surface area contributed by atoms with Crippen LogP contribution in [0, 0.1) is 0 Å². The number of hydrogen-bond acceptors (Lipinski definition) is 3. The van der Waals surface area contributed by atoms with Crippen molar-refractivity contribution in [2.75, 3.05) is 39.3 Å². The quantitative estimate of drug-likeness (QED) is 0.770. The highest BCUT2D eigenvalue weighted by Gasteiger charge is 2.34. The highest BCUT2D eigenvalue weighted by atomic mass is 16.2. The van der Waals surface area contributed by atoms with Crippen LogP contribution in [0.2, 0.25) is 0 Å². The third-order valence-corrected chi connectivity index (χ3v) is 4.02. The summed E-state index contributed by atoms with van der Waals surface area (Å²) in [6.07, 6.45) is 4.55. The summed E-state index contributed by atoms with van der Waals surface area (Å²) < 4.78 is 0. The summed E-state index contributed by atoms with van der Waals surface area (Å²) in [6.45, 7) is 6.06. The van der Waals surface area contributed by atoms with Crippen molar-refractivity contribution in [1.29, 1.82) is 0 Å². The second-order valence-electron chi connectivity index (χ2n) is 5.49. The molecule has 0 spiro atoms. The van der Waals surface area contributed by atoms with Crippen molar-refractivity contribution in [2.24, 2.45) is 0 Å². The van der Waals surface area contributed by atoms with Crippen LogP contribution in [0.4, 0.5) is 4.79 Å². The van der Waals surface area contributed by atoms with Gasteiger partial charge in [0, 0.05) is 39.3 Å². The molecule has 0 aromatic carbocycles. The van der Waals surface area contributed by atoms with E-state index >= 15 is 0 Å². The molecule has 0 aromatic heterocycles. The predicted octanol–water partition coefficient (Wildman–Crippen LogP) is 0.392. The molecule has 0 radical (unpaired) electrons. The number of likely N-dealkylation sites (tertiary alicyclic amines) is 1. The van der Waals surface area contributed by atoms with Gasteiger partial charge in [-0.15, -0.1) is 0 Å². The number of nitrogens with one attached hydrogen (secondary N) is 2. The van der Waals surface area contributed by atoms with Crippen LogP contribution in [0.3, 0.4) is 0 Å². The van der Waals surface area contributed by atoms with Gasteiger partial charge in [0.15, 0.2) is 0 Å². The zero-order valence-electron chi connectivity index (χ0n) is 12.4. The van der Waals surface area contributed by atoms with E-state index in [2.05, 4.69) is 10.6 Å². The molecule has 6 heteroatoms. The summed E-state index contributed by atoms with van der Waals surface area (Å²) in [5.74, 6) is -0.0529. The van der Waals surface area contributed by atoms with E-state index < -0.39 is 0 Å². The van der Waals surface area contributed by atoms with Crippen molar-refractivity contribution in [1.82, 2.24) is 20.4 Å². The summed E-state index contributed by atoms with van der Waals surface area (Å²) in [6, 6.07) is -0.343. The van der Waals surface area contributed by atoms with E-state index in [9.17, 15) is 9.59 Å². The van der Waals surface area contributed by atoms with Crippen molar-refractivity contribution >= 4 is 11.9 Å². The molecular formula is C14H26N4O2. The van der Waals surface area contributed by atoms with Crippen LogP contribution in [0.15, 0.2) is 0 Å². The molecule has 3 amide bonds. The molecule has 0 aliphatic carbocycles. The minimum absolute atomic E-state index is 0.0321. The second kappa shape index (κ2) is 7.47. The molecule has 0 saturated carbocycles. The number of piperazine rings is 1. The van der Waals surface area contributed by atoms with E-state index in [1.54, 1.807) is 4.90 Å². The van der Waals surface area contributed by atoms with Gasteiger partial charge in [-0.2, -0.15) is 0 Å². The lowest BCUT2D eigenvalue weighted by molar-refractivity contribution is -0.126. The Morgan fingerprint density at radius 1 is 1.15 bits per heavy atom. The van der Waals surface area contributed by atoms with Gasteiger partial charge in [-0.1, -0.05) is 12.8 Å². The van der Waals surface area contributed by atoms with Gasteiger partial charge in [0.1, 0.15) is 6.04 Å². The molecule has 2 rings (SSSR count). The fourth-order valence-corrected chi connectivity index (χ4v) is 2.90. The molecule has 2 N–H and O–H groups in total. The van der Waals surface area contributed by atoms with Crippen LogP contribution in [-0.2, 0) is 4.79 Å². The normalized spacial score (nSPS) is 24.1. The molecule has 2 aliphatic heterocycles. The SMILES string of the molecule is CCNC(=O)C1CNCCN1C(=O)N1CCCCCC1. The summed E-state index contributed by atoms with van der Waals surface area (Å²) in [5.41, 5.74) is 0. The van der Waals surface area contributed by atoms with E-state index in [0.29, 0.717) is 19.6 Å². The molecule has 6 nitrogen and oxygen atoms in total. The van der Waals surface area contributed by atoms with E-state index in [-0.39, 0.29) is 18.0 Å². The number of hydrogen-bond donors (Lipinski definition) is 2. The lowest BCUT2D eigenvalue weighted by Crippen LogP contribution is -2.62. The molecule has 114 valence electrons. The number of carbonyl (C=O) groups excluding carboxylic acids is 2. The fraction of sp³-hybridized carbons (Fsp3) is 0.857. The molecule has 2 saturated heterocycles. The molecule has 2 heterocycles. The average molecular weight is 282 g/mol. The molecule has 2 aliphatic rings. The smallest absolute Gasteiger partial charge is 0.320 e. The van der Waals surface area contributed by atoms with E-state index in [1.165, 1.54) is 12.8 Å². The summed E-state index contributed by atoms with van der Waals surface area (Å²) in [7, 11) is 0. The van der Waals surface area contributed by atoms with Crippen LogP contribution in [0.5, 0.6) is 0 Å². The Kier molecular flexibility index (Phi) is 5.64. The monoisotopic (exact) mass is 282 g/mol. The molecule has 1 atom stereocenters. The van der Waals surface area contributed by atoms with Crippen LogP contribution in [-0.4, -0.2) is 67.0 Å². The van der Waals surface area contributed by atoms with Crippen molar-refractivity contribution in [3.05, 3.63) is 0 Å². The number of urea groups is 1. The maximum atomic E-state index is 12.7. The first-order chi connectivity index (χ1) is 9.74. The highest BCUT2D eigenvalue weighted by molar-refractivity contribution is 5.87. The molecular weight excluding hydrogens is 256 g/mol. The third-order valence-electron chi connectivity index (χ3n) is 4.02. The first kappa shape index (κ1) is 15.1. The standard InChI is InChI=1S/C14H26N4O2/c1-2-16-13(19)12-11-15-7-10-18(12)14(20)17-8-5-3-4-6-9-17/h12,15H,2-11H2,1H3,(H,16,19). The van der Waals surface area contributed by atoms with E-state index in [4.69, 9.17) is 0 Å². The van der Waals surface area contributed by atoms with Gasteiger partial charge in [0.05, 0.1) is 0 Å². The second-order valence-corrected chi connectivity index (χ2v) is 5.49. The first-order valence-electron chi connectivity index (χ1n) is 7.78. The third kappa shape index (κ3) is 3.62. The Balaban J connectivity index is 2.02. The number of rotatable bonds is 2. The van der Waals surface area contributed by atoms with E-state index in [1.807, 2.05) is 11.8 Å². The number of carbonyl (C=O) groups is 2. The van der Waals surface area contributed by atoms with Crippen LogP contribution in [0.25, 0.3) is 0 Å². The van der Waals surface area contributed by atoms with Crippen LogP contribution < -0.4 is 10.6 Å². The lowest BCUT2D eigenvalue weighted by Gasteiger charge is -2.38. The summed E-state index contributed by atoms with van der Waals surface area (Å²) in [5, 5.41) is 6.03. The minimum Gasteiger partial charge on any atom is -0.355 e. The maximum Gasteiger partial charge on any atom is 0.320 e. The number of nitrogens with zero attached hydrogens (tertiary/aromatic N) is 2. The number of amides is 3. The largest absolute Gasteiger partial charge is 0.355 e. The summed E-state index contributed by atoms with van der Waals surface area (Å²) in [4.78, 5) is 28.4. The Morgan fingerprint density at radius 3 is 2.50 bits per heavy atom. The Morgan fingerprint density at radius 2 is 1.85 bits per heavy atom. The van der Waals surface area contributed by atoms with Crippen molar-refractivity contribution in [2.45, 2.75) is 38.6 Å². The van der Waals surface area contributed by atoms with Crippen LogP contribution >= 0.6 is 0 Å². The topological polar surface area (TPSA) is 64.7 Å². The van der Waals surface area contributed by atoms with Gasteiger partial charge in [0.2, 0.25) is 5.91 Å². The number of likely N-dealkylation sites (N-methyl/N-ethyl adjacent to an activating group) is 1. The van der Waals surface area contributed by atoms with Crippen molar-refractivity contribution < 1.29 is 9.59 Å². The maximum absolute atomic E-state index is 12.7. The molecule has 20 heavy (non-hydrogen) atoms. The zero-order chi connectivity index (χ0) is 14.4. The molecule has 0 aromatic rings. The predicted molar refractivity (Wildman–Crippen MR) is 77.5 cm³/mol. The van der Waals surface area contributed by atoms with Gasteiger partial charge in [-0.25, -0.2) is 4.79 Å². The molecule has 1 unspecified atom stereocenters. The molecule has 2 fully saturated rings. The van der Waals surface area contributed by atoms with Gasteiger partial charge in [0.25, 0.3) is 0 Å². The van der Waals surface area contributed by atoms with Crippen molar-refractivity contribution in [3.8, 4) is 0 Å². The van der Waals surface area contributed by atoms with Crippen LogP contribution in [0.1, 0.15) is 32.6 Å². The zero-order valence-corrected chi connectivity index (χ0v) is 12.4.